The molecule has 70 valence electrons. The molecular formula is C9H17NO2. The minimum atomic E-state index is -0.382. The van der Waals surface area contributed by atoms with Crippen LogP contribution in [0.3, 0.4) is 0 Å². The zero-order valence-corrected chi connectivity index (χ0v) is 7.85. The zero-order valence-electron chi connectivity index (χ0n) is 7.85. The Labute approximate surface area is 73.5 Å². The van der Waals surface area contributed by atoms with Crippen LogP contribution in [0.25, 0.3) is 0 Å². The molecule has 3 nitrogen and oxygen atoms in total. The molecule has 1 rings (SSSR count). The molecule has 0 heterocycles. The molecule has 1 fully saturated rings. The van der Waals surface area contributed by atoms with Crippen molar-refractivity contribution in [3.8, 4) is 0 Å². The maximum atomic E-state index is 11.4. The lowest BCUT2D eigenvalue weighted by atomic mass is 9.82. The summed E-state index contributed by atoms with van der Waals surface area (Å²) in [5.74, 6) is -0.107. The molecule has 12 heavy (non-hydrogen) atoms. The fourth-order valence-corrected chi connectivity index (χ4v) is 1.91. The van der Waals surface area contributed by atoms with E-state index in [0.717, 1.165) is 25.7 Å². The van der Waals surface area contributed by atoms with Crippen LogP contribution in [0.4, 0.5) is 0 Å². The minimum absolute atomic E-state index is 0.107. The van der Waals surface area contributed by atoms with E-state index in [4.69, 9.17) is 4.74 Å². The summed E-state index contributed by atoms with van der Waals surface area (Å²) in [6.45, 7) is 0. The average Bonchev–Trinajstić information content (AvgIpc) is 2.17. The fourth-order valence-electron chi connectivity index (χ4n) is 1.91. The van der Waals surface area contributed by atoms with Crippen LogP contribution < -0.4 is 5.32 Å². The number of carbonyl (C=O) groups is 1. The van der Waals surface area contributed by atoms with Gasteiger partial charge in [-0.2, -0.15) is 0 Å². The Balaban J connectivity index is 2.66. The Morgan fingerprint density at radius 1 is 1.33 bits per heavy atom. The van der Waals surface area contributed by atoms with E-state index in [0.29, 0.717) is 0 Å². The van der Waals surface area contributed by atoms with Gasteiger partial charge >= 0.3 is 5.97 Å². The van der Waals surface area contributed by atoms with Crippen molar-refractivity contribution >= 4 is 5.97 Å². The quantitative estimate of drug-likeness (QED) is 0.632. The molecule has 0 aromatic carbocycles. The Morgan fingerprint density at radius 3 is 2.33 bits per heavy atom. The number of rotatable bonds is 2. The van der Waals surface area contributed by atoms with Crippen molar-refractivity contribution in [1.29, 1.82) is 0 Å². The third-order valence-electron chi connectivity index (χ3n) is 2.76. The van der Waals surface area contributed by atoms with Gasteiger partial charge in [0.15, 0.2) is 0 Å². The lowest BCUT2D eigenvalue weighted by Crippen LogP contribution is -2.52. The first-order chi connectivity index (χ1) is 5.75. The van der Waals surface area contributed by atoms with E-state index < -0.39 is 0 Å². The molecule has 0 amide bonds. The van der Waals surface area contributed by atoms with Crippen LogP contribution in [0.1, 0.15) is 32.1 Å². The summed E-state index contributed by atoms with van der Waals surface area (Å²) in [6, 6.07) is 0. The normalized spacial score (nSPS) is 21.8. The Bertz CT molecular complexity index is 162. The lowest BCUT2D eigenvalue weighted by Gasteiger charge is -2.33. The van der Waals surface area contributed by atoms with Crippen molar-refractivity contribution in [3.05, 3.63) is 0 Å². The molecule has 0 aromatic heterocycles. The monoisotopic (exact) mass is 171 g/mol. The first-order valence-corrected chi connectivity index (χ1v) is 4.52. The zero-order chi connectivity index (χ0) is 9.03. The van der Waals surface area contributed by atoms with Gasteiger partial charge in [0.1, 0.15) is 5.54 Å². The van der Waals surface area contributed by atoms with Crippen LogP contribution in [0.5, 0.6) is 0 Å². The van der Waals surface area contributed by atoms with Gasteiger partial charge in [-0.3, -0.25) is 4.79 Å². The van der Waals surface area contributed by atoms with E-state index in [1.54, 1.807) is 0 Å². The summed E-state index contributed by atoms with van der Waals surface area (Å²) in [6.07, 6.45) is 5.30. The maximum absolute atomic E-state index is 11.4. The number of methoxy groups -OCH3 is 1. The second kappa shape index (κ2) is 3.90. The van der Waals surface area contributed by atoms with Gasteiger partial charge in [-0.15, -0.1) is 0 Å². The first kappa shape index (κ1) is 9.52. The number of hydrogen-bond acceptors (Lipinski definition) is 3. The van der Waals surface area contributed by atoms with Crippen LogP contribution >= 0.6 is 0 Å². The van der Waals surface area contributed by atoms with Crippen LogP contribution in [-0.2, 0) is 9.53 Å². The second-order valence-electron chi connectivity index (χ2n) is 3.38. The molecule has 0 aliphatic heterocycles. The van der Waals surface area contributed by atoms with Crippen molar-refractivity contribution in [1.82, 2.24) is 5.32 Å². The lowest BCUT2D eigenvalue weighted by molar-refractivity contribution is -0.149. The van der Waals surface area contributed by atoms with Gasteiger partial charge in [-0.05, 0) is 19.9 Å². The van der Waals surface area contributed by atoms with E-state index in [-0.39, 0.29) is 11.5 Å². The van der Waals surface area contributed by atoms with Crippen LogP contribution in [0.15, 0.2) is 0 Å². The standard InChI is InChI=1S/C9H17NO2/c1-10-9(8(11)12-2)6-4-3-5-7-9/h10H,3-7H2,1-2H3. The minimum Gasteiger partial charge on any atom is -0.468 e. The van der Waals surface area contributed by atoms with Crippen molar-refractivity contribution in [2.24, 2.45) is 0 Å². The molecular weight excluding hydrogens is 154 g/mol. The van der Waals surface area contributed by atoms with Crippen LogP contribution in [-0.4, -0.2) is 25.7 Å². The van der Waals surface area contributed by atoms with Crippen LogP contribution in [0, 0.1) is 0 Å². The predicted molar refractivity (Wildman–Crippen MR) is 46.9 cm³/mol. The molecule has 1 aliphatic carbocycles. The third kappa shape index (κ3) is 1.61. The molecule has 0 aromatic rings. The van der Waals surface area contributed by atoms with E-state index >= 15 is 0 Å². The number of nitrogens with one attached hydrogen (secondary N) is 1. The first-order valence-electron chi connectivity index (χ1n) is 4.52. The van der Waals surface area contributed by atoms with Gasteiger partial charge in [0.2, 0.25) is 0 Å². The predicted octanol–water partition coefficient (Wildman–Crippen LogP) is 1.08. The summed E-state index contributed by atoms with van der Waals surface area (Å²) in [7, 11) is 3.29. The van der Waals surface area contributed by atoms with Crippen LogP contribution in [0.2, 0.25) is 0 Å². The molecule has 3 heteroatoms. The highest BCUT2D eigenvalue weighted by atomic mass is 16.5. The van der Waals surface area contributed by atoms with Crippen molar-refractivity contribution in [2.45, 2.75) is 37.6 Å². The van der Waals surface area contributed by atoms with Crippen molar-refractivity contribution < 1.29 is 9.53 Å². The molecule has 1 saturated carbocycles. The number of hydrogen-bond donors (Lipinski definition) is 1. The van der Waals surface area contributed by atoms with Gasteiger partial charge in [-0.1, -0.05) is 19.3 Å². The Hall–Kier alpha value is -0.570. The summed E-state index contributed by atoms with van der Waals surface area (Å²) < 4.78 is 4.78. The SMILES string of the molecule is CNC1(C(=O)OC)CCCCC1. The molecule has 1 N–H and O–H groups in total. The molecule has 0 saturated heterocycles. The highest BCUT2D eigenvalue weighted by Crippen LogP contribution is 2.28. The van der Waals surface area contributed by atoms with E-state index in [9.17, 15) is 4.79 Å². The average molecular weight is 171 g/mol. The summed E-state index contributed by atoms with van der Waals surface area (Å²) in [5, 5.41) is 3.09. The second-order valence-corrected chi connectivity index (χ2v) is 3.38. The molecule has 0 radical (unpaired) electrons. The van der Waals surface area contributed by atoms with Gasteiger partial charge in [0, 0.05) is 0 Å². The van der Waals surface area contributed by atoms with E-state index in [1.807, 2.05) is 7.05 Å². The molecule has 0 bridgehead atoms. The number of likely N-dealkylation sites (N-methyl/N-ethyl adjacent to an activating group) is 1. The molecule has 0 spiro atoms. The Morgan fingerprint density at radius 2 is 1.92 bits per heavy atom. The van der Waals surface area contributed by atoms with Crippen molar-refractivity contribution in [3.63, 3.8) is 0 Å². The molecule has 0 unspecified atom stereocenters. The fraction of sp³-hybridized carbons (Fsp3) is 0.889. The largest absolute Gasteiger partial charge is 0.468 e. The van der Waals surface area contributed by atoms with Gasteiger partial charge in [0.25, 0.3) is 0 Å². The maximum Gasteiger partial charge on any atom is 0.326 e. The molecule has 0 atom stereocenters. The molecule has 1 aliphatic rings. The Kier molecular flexibility index (Phi) is 3.09. The third-order valence-corrected chi connectivity index (χ3v) is 2.76. The smallest absolute Gasteiger partial charge is 0.326 e. The highest BCUT2D eigenvalue weighted by molar-refractivity contribution is 5.80. The van der Waals surface area contributed by atoms with Gasteiger partial charge in [-0.25, -0.2) is 0 Å². The van der Waals surface area contributed by atoms with Crippen molar-refractivity contribution in [2.75, 3.05) is 14.2 Å². The summed E-state index contributed by atoms with van der Waals surface area (Å²) in [4.78, 5) is 11.4. The summed E-state index contributed by atoms with van der Waals surface area (Å²) >= 11 is 0. The number of esters is 1. The van der Waals surface area contributed by atoms with Gasteiger partial charge < -0.3 is 10.1 Å². The van der Waals surface area contributed by atoms with E-state index in [1.165, 1.54) is 13.5 Å². The topological polar surface area (TPSA) is 38.3 Å². The number of carbonyl (C=O) groups excluding carboxylic acids is 1. The highest BCUT2D eigenvalue weighted by Gasteiger charge is 2.38. The van der Waals surface area contributed by atoms with Gasteiger partial charge in [0.05, 0.1) is 7.11 Å². The van der Waals surface area contributed by atoms with E-state index in [2.05, 4.69) is 5.32 Å². The summed E-state index contributed by atoms with van der Waals surface area (Å²) in [5.41, 5.74) is -0.382. The number of ether oxygens (including phenoxy) is 1.